The molecule has 0 aromatic heterocycles. The van der Waals surface area contributed by atoms with E-state index in [9.17, 15) is 9.59 Å². The van der Waals surface area contributed by atoms with Crippen LogP contribution in [0.2, 0.25) is 0 Å². The minimum atomic E-state index is -0.210. The van der Waals surface area contributed by atoms with Gasteiger partial charge in [-0.3, -0.25) is 4.79 Å². The summed E-state index contributed by atoms with van der Waals surface area (Å²) in [6, 6.07) is 7.39. The first-order chi connectivity index (χ1) is 10.6. The third kappa shape index (κ3) is 6.47. The number of benzene rings is 1. The van der Waals surface area contributed by atoms with Crippen molar-refractivity contribution in [1.82, 2.24) is 15.5 Å². The Morgan fingerprint density at radius 2 is 1.64 bits per heavy atom. The number of ether oxygens (including phenoxy) is 1. The number of carbonyl (C=O) groups is 2. The van der Waals surface area contributed by atoms with Gasteiger partial charge in [-0.05, 0) is 32.9 Å². The van der Waals surface area contributed by atoms with Crippen LogP contribution >= 0.6 is 0 Å². The van der Waals surface area contributed by atoms with E-state index < -0.39 is 0 Å². The monoisotopic (exact) mass is 307 g/mol. The van der Waals surface area contributed by atoms with Crippen molar-refractivity contribution in [3.8, 4) is 5.75 Å². The van der Waals surface area contributed by atoms with Gasteiger partial charge in [0.05, 0.1) is 0 Å². The molecule has 6 nitrogen and oxygen atoms in total. The maximum absolute atomic E-state index is 11.7. The lowest BCUT2D eigenvalue weighted by atomic mass is 10.2. The van der Waals surface area contributed by atoms with Crippen molar-refractivity contribution in [3.63, 3.8) is 0 Å². The Bertz CT molecular complexity index is 470. The molecule has 2 N–H and O–H groups in total. The average molecular weight is 307 g/mol. The van der Waals surface area contributed by atoms with E-state index >= 15 is 0 Å². The van der Waals surface area contributed by atoms with E-state index in [1.165, 1.54) is 0 Å². The summed E-state index contributed by atoms with van der Waals surface area (Å²) >= 11 is 0. The summed E-state index contributed by atoms with van der Waals surface area (Å²) in [4.78, 5) is 25.0. The van der Waals surface area contributed by atoms with E-state index in [1.807, 2.05) is 45.0 Å². The number of rotatable bonds is 8. The van der Waals surface area contributed by atoms with Crippen LogP contribution in [0.15, 0.2) is 24.3 Å². The number of hydrogen-bond acceptors (Lipinski definition) is 3. The predicted octanol–water partition coefficient (Wildman–Crippen LogP) is 1.54. The second kappa shape index (κ2) is 9.65. The first kappa shape index (κ1) is 17.8. The SMILES string of the molecule is CCN(CC)C(=O)NCCNC(=O)COc1ccc(C)cc1. The molecular formula is C16H25N3O3. The van der Waals surface area contributed by atoms with Gasteiger partial charge in [-0.2, -0.15) is 0 Å². The van der Waals surface area contributed by atoms with Gasteiger partial charge in [-0.25, -0.2) is 4.79 Å². The molecule has 0 radical (unpaired) electrons. The molecule has 1 aromatic rings. The molecule has 122 valence electrons. The molecule has 22 heavy (non-hydrogen) atoms. The summed E-state index contributed by atoms with van der Waals surface area (Å²) in [5.74, 6) is 0.452. The molecule has 0 fully saturated rings. The second-order valence-corrected chi connectivity index (χ2v) is 4.86. The van der Waals surface area contributed by atoms with Crippen LogP contribution in [0.25, 0.3) is 0 Å². The van der Waals surface area contributed by atoms with Gasteiger partial charge in [0.2, 0.25) is 0 Å². The molecule has 0 bridgehead atoms. The largest absolute Gasteiger partial charge is 0.484 e. The summed E-state index contributed by atoms with van der Waals surface area (Å²) < 4.78 is 5.37. The molecule has 6 heteroatoms. The quantitative estimate of drug-likeness (QED) is 0.716. The van der Waals surface area contributed by atoms with Gasteiger partial charge >= 0.3 is 6.03 Å². The topological polar surface area (TPSA) is 70.7 Å². The highest BCUT2D eigenvalue weighted by Crippen LogP contribution is 2.10. The Hall–Kier alpha value is -2.24. The van der Waals surface area contributed by atoms with E-state index in [-0.39, 0.29) is 18.5 Å². The maximum atomic E-state index is 11.7. The minimum Gasteiger partial charge on any atom is -0.484 e. The standard InChI is InChI=1S/C16H25N3O3/c1-4-19(5-2)16(21)18-11-10-17-15(20)12-22-14-8-6-13(3)7-9-14/h6-9H,4-5,10-12H2,1-3H3,(H,17,20)(H,18,21). The Labute approximate surface area is 131 Å². The van der Waals surface area contributed by atoms with Crippen LogP contribution in [0.1, 0.15) is 19.4 Å². The molecule has 0 saturated carbocycles. The van der Waals surface area contributed by atoms with E-state index in [0.717, 1.165) is 5.56 Å². The van der Waals surface area contributed by atoms with Crippen molar-refractivity contribution in [2.24, 2.45) is 0 Å². The molecule has 1 aromatic carbocycles. The van der Waals surface area contributed by atoms with Crippen LogP contribution in [0, 0.1) is 6.92 Å². The predicted molar refractivity (Wildman–Crippen MR) is 86.0 cm³/mol. The van der Waals surface area contributed by atoms with Crippen molar-refractivity contribution in [1.29, 1.82) is 0 Å². The summed E-state index contributed by atoms with van der Waals surface area (Å²) in [5.41, 5.74) is 1.14. The lowest BCUT2D eigenvalue weighted by Gasteiger charge is -2.19. The summed E-state index contributed by atoms with van der Waals surface area (Å²) in [5, 5.41) is 5.45. The van der Waals surface area contributed by atoms with Gasteiger partial charge in [-0.15, -0.1) is 0 Å². The summed E-state index contributed by atoms with van der Waals surface area (Å²) in [6.45, 7) is 7.91. The van der Waals surface area contributed by atoms with E-state index in [4.69, 9.17) is 4.74 Å². The van der Waals surface area contributed by atoms with Gasteiger partial charge in [-0.1, -0.05) is 17.7 Å². The number of nitrogens with zero attached hydrogens (tertiary/aromatic N) is 1. The molecule has 1 rings (SSSR count). The number of aryl methyl sites for hydroxylation is 1. The van der Waals surface area contributed by atoms with Crippen LogP contribution in [-0.4, -0.2) is 49.6 Å². The van der Waals surface area contributed by atoms with Crippen molar-refractivity contribution < 1.29 is 14.3 Å². The third-order valence-corrected chi connectivity index (χ3v) is 3.16. The lowest BCUT2D eigenvalue weighted by molar-refractivity contribution is -0.123. The van der Waals surface area contributed by atoms with Gasteiger partial charge < -0.3 is 20.3 Å². The fraction of sp³-hybridized carbons (Fsp3) is 0.500. The Morgan fingerprint density at radius 3 is 2.23 bits per heavy atom. The minimum absolute atomic E-state index is 0.0347. The smallest absolute Gasteiger partial charge is 0.317 e. The molecule has 0 saturated heterocycles. The number of hydrogen-bond donors (Lipinski definition) is 2. The summed E-state index contributed by atoms with van der Waals surface area (Å²) in [7, 11) is 0. The fourth-order valence-corrected chi connectivity index (χ4v) is 1.83. The molecule has 0 spiro atoms. The van der Waals surface area contributed by atoms with Crippen LogP contribution in [0.3, 0.4) is 0 Å². The molecule has 0 aliphatic carbocycles. The zero-order valence-electron chi connectivity index (χ0n) is 13.5. The maximum Gasteiger partial charge on any atom is 0.317 e. The molecule has 0 atom stereocenters. The van der Waals surface area contributed by atoms with E-state index in [1.54, 1.807) is 4.90 Å². The Kier molecular flexibility index (Phi) is 7.81. The number of urea groups is 1. The number of amides is 3. The molecule has 0 aliphatic heterocycles. The van der Waals surface area contributed by atoms with Crippen LogP contribution in [0.5, 0.6) is 5.75 Å². The van der Waals surface area contributed by atoms with E-state index in [2.05, 4.69) is 10.6 Å². The van der Waals surface area contributed by atoms with Crippen molar-refractivity contribution >= 4 is 11.9 Å². The fourth-order valence-electron chi connectivity index (χ4n) is 1.83. The van der Waals surface area contributed by atoms with Crippen LogP contribution in [0.4, 0.5) is 4.79 Å². The average Bonchev–Trinajstić information content (AvgIpc) is 2.52. The van der Waals surface area contributed by atoms with Crippen molar-refractivity contribution in [3.05, 3.63) is 29.8 Å². The Morgan fingerprint density at radius 1 is 1.05 bits per heavy atom. The molecule has 0 heterocycles. The van der Waals surface area contributed by atoms with Gasteiger partial charge in [0.1, 0.15) is 5.75 Å². The first-order valence-corrected chi connectivity index (χ1v) is 7.55. The van der Waals surface area contributed by atoms with Crippen molar-refractivity contribution in [2.75, 3.05) is 32.8 Å². The zero-order valence-corrected chi connectivity index (χ0v) is 13.5. The number of nitrogens with one attached hydrogen (secondary N) is 2. The molecule has 0 unspecified atom stereocenters. The highest BCUT2D eigenvalue weighted by Gasteiger charge is 2.08. The third-order valence-electron chi connectivity index (χ3n) is 3.16. The molecular weight excluding hydrogens is 282 g/mol. The molecule has 3 amide bonds. The van der Waals surface area contributed by atoms with Gasteiger partial charge in [0, 0.05) is 26.2 Å². The lowest BCUT2D eigenvalue weighted by Crippen LogP contribution is -2.43. The summed E-state index contributed by atoms with van der Waals surface area (Å²) in [6.07, 6.45) is 0. The first-order valence-electron chi connectivity index (χ1n) is 7.55. The Balaban J connectivity index is 2.16. The van der Waals surface area contributed by atoms with Crippen LogP contribution < -0.4 is 15.4 Å². The zero-order chi connectivity index (χ0) is 16.4. The highest BCUT2D eigenvalue weighted by molar-refractivity contribution is 5.77. The number of carbonyl (C=O) groups excluding carboxylic acids is 2. The molecule has 0 aliphatic rings. The van der Waals surface area contributed by atoms with Crippen molar-refractivity contribution in [2.45, 2.75) is 20.8 Å². The van der Waals surface area contributed by atoms with Gasteiger partial charge in [0.15, 0.2) is 6.61 Å². The van der Waals surface area contributed by atoms with Crippen LogP contribution in [-0.2, 0) is 4.79 Å². The highest BCUT2D eigenvalue weighted by atomic mass is 16.5. The normalized spacial score (nSPS) is 9.95. The van der Waals surface area contributed by atoms with E-state index in [0.29, 0.717) is 31.9 Å². The van der Waals surface area contributed by atoms with Gasteiger partial charge in [0.25, 0.3) is 5.91 Å². The second-order valence-electron chi connectivity index (χ2n) is 4.86.